The fourth-order valence-corrected chi connectivity index (χ4v) is 2.19. The van der Waals surface area contributed by atoms with E-state index >= 15 is 0 Å². The van der Waals surface area contributed by atoms with Crippen molar-refractivity contribution in [2.45, 2.75) is 6.42 Å². The Kier molecular flexibility index (Phi) is 5.17. The third-order valence-corrected chi connectivity index (χ3v) is 3.64. The smallest absolute Gasteiger partial charge is 0.331 e. The van der Waals surface area contributed by atoms with Gasteiger partial charge in [0.1, 0.15) is 11.5 Å². The topological polar surface area (TPSA) is 106 Å². The summed E-state index contributed by atoms with van der Waals surface area (Å²) >= 11 is 0. The zero-order valence-corrected chi connectivity index (χ0v) is 13.0. The van der Waals surface area contributed by atoms with Crippen LogP contribution in [0.5, 0.6) is 0 Å². The van der Waals surface area contributed by atoms with E-state index in [9.17, 15) is 19.5 Å². The minimum Gasteiger partial charge on any atom is -0.469 e. The Morgan fingerprint density at radius 1 is 1.35 bits per heavy atom. The fourth-order valence-electron chi connectivity index (χ4n) is 2.19. The molecule has 2 aromatic heterocycles. The molecule has 0 aliphatic rings. The van der Waals surface area contributed by atoms with E-state index in [1.54, 1.807) is 12.1 Å². The van der Waals surface area contributed by atoms with E-state index in [2.05, 4.69) is 5.32 Å². The summed E-state index contributed by atoms with van der Waals surface area (Å²) in [5.74, 6) is -0.0619. The minimum atomic E-state index is -0.572. The molecule has 1 atom stereocenters. The highest BCUT2D eigenvalue weighted by molar-refractivity contribution is 5.92. The lowest BCUT2D eigenvalue weighted by molar-refractivity contribution is 0.0928. The van der Waals surface area contributed by atoms with E-state index in [0.717, 1.165) is 15.2 Å². The standard InChI is InChI=1S/C15H19N3O5/c1-17-12(7-13(20)18(2)15(17)22)14(21)16-8-10(9-19)6-11-4-3-5-23-11/h3-5,7,10,19H,6,8-9H2,1-2H3,(H,16,21)/t10-/m0/s1. The number of hydrogen-bond donors (Lipinski definition) is 2. The fraction of sp³-hybridized carbons (Fsp3) is 0.400. The van der Waals surface area contributed by atoms with E-state index in [1.165, 1.54) is 20.4 Å². The zero-order valence-electron chi connectivity index (χ0n) is 13.0. The van der Waals surface area contributed by atoms with Gasteiger partial charge in [-0.2, -0.15) is 0 Å². The van der Waals surface area contributed by atoms with Crippen molar-refractivity contribution in [2.75, 3.05) is 13.2 Å². The van der Waals surface area contributed by atoms with Crippen LogP contribution in [0.15, 0.2) is 38.5 Å². The summed E-state index contributed by atoms with van der Waals surface area (Å²) < 4.78 is 7.24. The molecule has 0 saturated heterocycles. The number of carbonyl (C=O) groups excluding carboxylic acids is 1. The first-order valence-corrected chi connectivity index (χ1v) is 7.12. The predicted octanol–water partition coefficient (Wildman–Crippen LogP) is -0.742. The van der Waals surface area contributed by atoms with Crippen molar-refractivity contribution >= 4 is 5.91 Å². The molecule has 0 aromatic carbocycles. The Hall–Kier alpha value is -2.61. The maximum atomic E-state index is 12.2. The molecule has 0 fully saturated rings. The average molecular weight is 321 g/mol. The monoisotopic (exact) mass is 321 g/mol. The second-order valence-electron chi connectivity index (χ2n) is 5.31. The SMILES string of the molecule is Cn1c(C(=O)NC[C@@H](CO)Cc2ccco2)cc(=O)n(C)c1=O. The van der Waals surface area contributed by atoms with Crippen LogP contribution in [0.2, 0.25) is 0 Å². The number of furan rings is 1. The van der Waals surface area contributed by atoms with Crippen molar-refractivity contribution in [1.29, 1.82) is 0 Å². The summed E-state index contributed by atoms with van der Waals surface area (Å²) in [4.78, 5) is 35.6. The van der Waals surface area contributed by atoms with E-state index < -0.39 is 17.2 Å². The molecule has 2 rings (SSSR count). The molecular weight excluding hydrogens is 302 g/mol. The largest absolute Gasteiger partial charge is 0.469 e. The summed E-state index contributed by atoms with van der Waals surface area (Å²) in [5, 5.41) is 12.0. The molecular formula is C15H19N3O5. The van der Waals surface area contributed by atoms with Gasteiger partial charge in [-0.1, -0.05) is 0 Å². The quantitative estimate of drug-likeness (QED) is 0.729. The Morgan fingerprint density at radius 2 is 2.09 bits per heavy atom. The molecule has 0 radical (unpaired) electrons. The average Bonchev–Trinajstić information content (AvgIpc) is 3.05. The number of amides is 1. The van der Waals surface area contributed by atoms with Gasteiger partial charge in [0.2, 0.25) is 0 Å². The van der Waals surface area contributed by atoms with Gasteiger partial charge in [-0.05, 0) is 12.1 Å². The molecule has 124 valence electrons. The van der Waals surface area contributed by atoms with Crippen molar-refractivity contribution in [3.8, 4) is 0 Å². The van der Waals surface area contributed by atoms with Gasteiger partial charge >= 0.3 is 5.69 Å². The Labute approximate surface area is 132 Å². The molecule has 0 spiro atoms. The van der Waals surface area contributed by atoms with Crippen molar-refractivity contribution < 1.29 is 14.3 Å². The normalized spacial score (nSPS) is 12.1. The molecule has 2 aromatic rings. The first kappa shape index (κ1) is 16.8. The lowest BCUT2D eigenvalue weighted by Crippen LogP contribution is -2.42. The number of nitrogens with one attached hydrogen (secondary N) is 1. The summed E-state index contributed by atoms with van der Waals surface area (Å²) in [6.45, 7) is 0.0654. The van der Waals surface area contributed by atoms with E-state index in [-0.39, 0.29) is 24.8 Å². The number of aromatic nitrogens is 2. The van der Waals surface area contributed by atoms with Crippen LogP contribution in [0.1, 0.15) is 16.2 Å². The van der Waals surface area contributed by atoms with Crippen LogP contribution in [0.3, 0.4) is 0 Å². The Morgan fingerprint density at radius 3 is 2.70 bits per heavy atom. The van der Waals surface area contributed by atoms with Crippen molar-refractivity contribution in [2.24, 2.45) is 20.0 Å². The van der Waals surface area contributed by atoms with Gasteiger partial charge in [0.05, 0.1) is 6.26 Å². The molecule has 0 bridgehead atoms. The van der Waals surface area contributed by atoms with E-state index in [1.807, 2.05) is 0 Å². The second-order valence-corrected chi connectivity index (χ2v) is 5.31. The van der Waals surface area contributed by atoms with Gasteiger partial charge in [0.15, 0.2) is 0 Å². The number of rotatable bonds is 6. The third-order valence-electron chi connectivity index (χ3n) is 3.64. The maximum absolute atomic E-state index is 12.2. The molecule has 2 N–H and O–H groups in total. The molecule has 0 unspecified atom stereocenters. The second kappa shape index (κ2) is 7.10. The van der Waals surface area contributed by atoms with Crippen LogP contribution in [-0.4, -0.2) is 33.3 Å². The minimum absolute atomic E-state index is 0.0206. The number of carbonyl (C=O) groups is 1. The molecule has 2 heterocycles. The molecule has 8 nitrogen and oxygen atoms in total. The predicted molar refractivity (Wildman–Crippen MR) is 82.2 cm³/mol. The third kappa shape index (κ3) is 3.78. The van der Waals surface area contributed by atoms with Crippen LogP contribution >= 0.6 is 0 Å². The number of hydrogen-bond acceptors (Lipinski definition) is 5. The number of aliphatic hydroxyl groups is 1. The van der Waals surface area contributed by atoms with Gasteiger partial charge in [0, 0.05) is 45.7 Å². The lowest BCUT2D eigenvalue weighted by atomic mass is 10.1. The van der Waals surface area contributed by atoms with Gasteiger partial charge in [-0.3, -0.25) is 18.7 Å². The summed E-state index contributed by atoms with van der Waals surface area (Å²) in [6, 6.07) is 4.64. The van der Waals surface area contributed by atoms with Gasteiger partial charge in [-0.25, -0.2) is 4.79 Å². The van der Waals surface area contributed by atoms with Gasteiger partial charge in [-0.15, -0.1) is 0 Å². The van der Waals surface area contributed by atoms with E-state index in [4.69, 9.17) is 4.42 Å². The van der Waals surface area contributed by atoms with Crippen molar-refractivity contribution in [3.05, 3.63) is 56.8 Å². The van der Waals surface area contributed by atoms with Crippen LogP contribution in [0.4, 0.5) is 0 Å². The summed E-state index contributed by atoms with van der Waals surface area (Å²) in [6.07, 6.45) is 2.01. The molecule has 0 saturated carbocycles. The summed E-state index contributed by atoms with van der Waals surface area (Å²) in [5.41, 5.74) is -1.14. The van der Waals surface area contributed by atoms with Crippen LogP contribution < -0.4 is 16.6 Å². The first-order chi connectivity index (χ1) is 10.9. The van der Waals surface area contributed by atoms with Gasteiger partial charge < -0.3 is 14.8 Å². The highest BCUT2D eigenvalue weighted by Crippen LogP contribution is 2.08. The van der Waals surface area contributed by atoms with E-state index in [0.29, 0.717) is 12.2 Å². The highest BCUT2D eigenvalue weighted by atomic mass is 16.3. The number of nitrogens with zero attached hydrogens (tertiary/aromatic N) is 2. The Balaban J connectivity index is 2.07. The van der Waals surface area contributed by atoms with Gasteiger partial charge in [0.25, 0.3) is 11.5 Å². The van der Waals surface area contributed by atoms with Crippen molar-refractivity contribution in [3.63, 3.8) is 0 Å². The zero-order chi connectivity index (χ0) is 17.0. The number of aliphatic hydroxyl groups excluding tert-OH is 1. The lowest BCUT2D eigenvalue weighted by Gasteiger charge is -2.15. The van der Waals surface area contributed by atoms with Crippen molar-refractivity contribution in [1.82, 2.24) is 14.5 Å². The molecule has 0 aliphatic heterocycles. The molecule has 23 heavy (non-hydrogen) atoms. The van der Waals surface area contributed by atoms with Crippen LogP contribution in [0.25, 0.3) is 0 Å². The Bertz CT molecular complexity index is 788. The maximum Gasteiger partial charge on any atom is 0.331 e. The summed E-state index contributed by atoms with van der Waals surface area (Å²) in [7, 11) is 2.76. The molecule has 8 heteroatoms. The highest BCUT2D eigenvalue weighted by Gasteiger charge is 2.16. The van der Waals surface area contributed by atoms with Crippen LogP contribution in [0, 0.1) is 5.92 Å². The molecule has 0 aliphatic carbocycles. The first-order valence-electron chi connectivity index (χ1n) is 7.12. The molecule has 1 amide bonds. The van der Waals surface area contributed by atoms with Crippen LogP contribution in [-0.2, 0) is 20.5 Å².